The Balaban J connectivity index is 1.50. The number of hydrogen-bond acceptors (Lipinski definition) is 4. The number of likely N-dealkylation sites (tertiary alicyclic amines) is 1. The number of piperidine rings is 1. The number of nitrogens with one attached hydrogen (secondary N) is 1. The second-order valence-electron chi connectivity index (χ2n) is 7.93. The van der Waals surface area contributed by atoms with Gasteiger partial charge >= 0.3 is 0 Å². The summed E-state index contributed by atoms with van der Waals surface area (Å²) in [7, 11) is 3.17. The van der Waals surface area contributed by atoms with Gasteiger partial charge in [0.05, 0.1) is 20.1 Å². The van der Waals surface area contributed by atoms with Crippen LogP contribution in [-0.4, -0.2) is 50.1 Å². The van der Waals surface area contributed by atoms with Crippen LogP contribution in [-0.2, 0) is 9.59 Å². The number of carbonyl (C=O) groups is 2. The largest absolute Gasteiger partial charge is 0.493 e. The number of methoxy groups -OCH3 is 2. The third kappa shape index (κ3) is 5.90. The van der Waals surface area contributed by atoms with Gasteiger partial charge in [-0.15, -0.1) is 0 Å². The molecule has 0 radical (unpaired) electrons. The fourth-order valence-corrected chi connectivity index (χ4v) is 4.08. The van der Waals surface area contributed by atoms with Crippen LogP contribution in [0.25, 0.3) is 6.08 Å². The molecule has 1 unspecified atom stereocenters. The Morgan fingerprint density at radius 3 is 2.38 bits per heavy atom. The van der Waals surface area contributed by atoms with Gasteiger partial charge in [0, 0.05) is 25.2 Å². The van der Waals surface area contributed by atoms with Gasteiger partial charge in [0.25, 0.3) is 0 Å². The molecule has 1 atom stereocenters. The zero-order valence-electron chi connectivity index (χ0n) is 19.0. The van der Waals surface area contributed by atoms with Gasteiger partial charge in [-0.05, 0) is 48.6 Å². The molecule has 0 aliphatic carbocycles. The van der Waals surface area contributed by atoms with Crippen LogP contribution < -0.4 is 14.8 Å². The molecule has 170 valence electrons. The average Bonchev–Trinajstić information content (AvgIpc) is 2.84. The molecule has 0 spiro atoms. The Bertz CT molecular complexity index is 934. The van der Waals surface area contributed by atoms with Crippen LogP contribution >= 0.6 is 0 Å². The van der Waals surface area contributed by atoms with E-state index in [0.717, 1.165) is 30.4 Å². The maximum atomic E-state index is 13.0. The molecule has 1 aliphatic rings. The summed E-state index contributed by atoms with van der Waals surface area (Å²) in [6.45, 7) is 3.37. The zero-order chi connectivity index (χ0) is 22.9. The summed E-state index contributed by atoms with van der Waals surface area (Å²) in [4.78, 5) is 27.3. The maximum absolute atomic E-state index is 13.0. The third-order valence-electron chi connectivity index (χ3n) is 5.90. The summed E-state index contributed by atoms with van der Waals surface area (Å²) in [5.74, 6) is 1.20. The lowest BCUT2D eigenvalue weighted by Gasteiger charge is -2.34. The molecule has 2 aromatic carbocycles. The van der Waals surface area contributed by atoms with E-state index in [9.17, 15) is 9.59 Å². The minimum absolute atomic E-state index is 0.0680. The fourth-order valence-electron chi connectivity index (χ4n) is 4.08. The van der Waals surface area contributed by atoms with Crippen LogP contribution in [0.15, 0.2) is 54.6 Å². The lowest BCUT2D eigenvalue weighted by atomic mass is 9.93. The molecule has 0 bridgehead atoms. The normalized spacial score (nSPS) is 15.4. The quantitative estimate of drug-likeness (QED) is 0.635. The maximum Gasteiger partial charge on any atom is 0.244 e. The van der Waals surface area contributed by atoms with Gasteiger partial charge in [0.15, 0.2) is 11.5 Å². The van der Waals surface area contributed by atoms with Crippen molar-refractivity contribution in [1.82, 2.24) is 10.2 Å². The van der Waals surface area contributed by atoms with E-state index in [4.69, 9.17) is 9.47 Å². The first-order valence-electron chi connectivity index (χ1n) is 11.1. The topological polar surface area (TPSA) is 67.9 Å². The highest BCUT2D eigenvalue weighted by molar-refractivity contribution is 5.92. The van der Waals surface area contributed by atoms with E-state index >= 15 is 0 Å². The van der Waals surface area contributed by atoms with Gasteiger partial charge in [0.1, 0.15) is 0 Å². The van der Waals surface area contributed by atoms with Crippen LogP contribution in [0.5, 0.6) is 11.5 Å². The van der Waals surface area contributed by atoms with Crippen molar-refractivity contribution in [1.29, 1.82) is 0 Å². The molecule has 2 aromatic rings. The first-order valence-corrected chi connectivity index (χ1v) is 11.1. The second kappa shape index (κ2) is 11.4. The van der Waals surface area contributed by atoms with E-state index in [-0.39, 0.29) is 23.8 Å². The van der Waals surface area contributed by atoms with Crippen molar-refractivity contribution in [3.05, 3.63) is 65.7 Å². The summed E-state index contributed by atoms with van der Waals surface area (Å²) in [6, 6.07) is 15.5. The Morgan fingerprint density at radius 2 is 1.75 bits per heavy atom. The molecule has 32 heavy (non-hydrogen) atoms. The molecule has 1 saturated heterocycles. The smallest absolute Gasteiger partial charge is 0.244 e. The minimum Gasteiger partial charge on any atom is -0.493 e. The van der Waals surface area contributed by atoms with Crippen molar-refractivity contribution in [2.24, 2.45) is 0 Å². The number of carbonyl (C=O) groups excluding carboxylic acids is 2. The molecule has 0 aromatic heterocycles. The Morgan fingerprint density at radius 1 is 1.06 bits per heavy atom. The monoisotopic (exact) mass is 436 g/mol. The van der Waals surface area contributed by atoms with Crippen molar-refractivity contribution in [3.63, 3.8) is 0 Å². The van der Waals surface area contributed by atoms with Crippen molar-refractivity contribution in [3.8, 4) is 11.5 Å². The molecule has 1 aliphatic heterocycles. The molecular weight excluding hydrogens is 404 g/mol. The predicted octanol–water partition coefficient (Wildman–Crippen LogP) is 4.02. The van der Waals surface area contributed by atoms with Gasteiger partial charge < -0.3 is 19.7 Å². The second-order valence-corrected chi connectivity index (χ2v) is 7.93. The number of nitrogens with zero attached hydrogens (tertiary/aromatic N) is 1. The lowest BCUT2D eigenvalue weighted by molar-refractivity contribution is -0.134. The van der Waals surface area contributed by atoms with Crippen LogP contribution in [0.4, 0.5) is 0 Å². The summed E-state index contributed by atoms with van der Waals surface area (Å²) in [5, 5.41) is 3.05. The predicted molar refractivity (Wildman–Crippen MR) is 126 cm³/mol. The standard InChI is InChI=1S/C26H32N2O4/c1-4-22(20-8-6-5-7-9-20)26(30)28-16-14-21(15-17-28)27-25(29)13-11-19-10-12-23(31-2)24(18-19)32-3/h5-13,18,21-22H,4,14-17H2,1-3H3,(H,27,29)/b13-11+. The van der Waals surface area contributed by atoms with Gasteiger partial charge in [0.2, 0.25) is 11.8 Å². The van der Waals surface area contributed by atoms with Crippen molar-refractivity contribution < 1.29 is 19.1 Å². The van der Waals surface area contributed by atoms with Crippen LogP contribution in [0.3, 0.4) is 0 Å². The van der Waals surface area contributed by atoms with Gasteiger partial charge in [-0.2, -0.15) is 0 Å². The van der Waals surface area contributed by atoms with Crippen LogP contribution in [0.2, 0.25) is 0 Å². The molecule has 1 N–H and O–H groups in total. The van der Waals surface area contributed by atoms with Crippen LogP contribution in [0, 0.1) is 0 Å². The van der Waals surface area contributed by atoms with E-state index in [0.29, 0.717) is 24.6 Å². The number of rotatable bonds is 8. The molecule has 1 fully saturated rings. The van der Waals surface area contributed by atoms with Crippen molar-refractivity contribution in [2.45, 2.75) is 38.1 Å². The molecule has 1 heterocycles. The number of benzene rings is 2. The Hall–Kier alpha value is -3.28. The third-order valence-corrected chi connectivity index (χ3v) is 5.90. The number of amides is 2. The molecule has 0 saturated carbocycles. The molecule has 6 nitrogen and oxygen atoms in total. The van der Waals surface area contributed by atoms with Crippen LogP contribution in [0.1, 0.15) is 43.2 Å². The number of hydrogen-bond donors (Lipinski definition) is 1. The first kappa shape index (κ1) is 23.4. The SMILES string of the molecule is CCC(C(=O)N1CCC(NC(=O)/C=C/c2ccc(OC)c(OC)c2)CC1)c1ccccc1. The summed E-state index contributed by atoms with van der Waals surface area (Å²) < 4.78 is 10.5. The molecule has 2 amide bonds. The number of ether oxygens (including phenoxy) is 2. The van der Waals surface area contributed by atoms with Gasteiger partial charge in [-0.3, -0.25) is 9.59 Å². The minimum atomic E-state index is -0.139. The summed E-state index contributed by atoms with van der Waals surface area (Å²) >= 11 is 0. The fraction of sp³-hybridized carbons (Fsp3) is 0.385. The van der Waals surface area contributed by atoms with Gasteiger partial charge in [-0.25, -0.2) is 0 Å². The Kier molecular flexibility index (Phi) is 8.31. The highest BCUT2D eigenvalue weighted by Crippen LogP contribution is 2.28. The summed E-state index contributed by atoms with van der Waals surface area (Å²) in [5.41, 5.74) is 1.92. The highest BCUT2D eigenvalue weighted by atomic mass is 16.5. The Labute approximate surface area is 190 Å². The summed E-state index contributed by atoms with van der Waals surface area (Å²) in [6.07, 6.45) is 5.57. The van der Waals surface area contributed by atoms with E-state index < -0.39 is 0 Å². The molecule has 6 heteroatoms. The van der Waals surface area contributed by atoms with E-state index in [1.807, 2.05) is 60.4 Å². The molecular formula is C26H32N2O4. The lowest BCUT2D eigenvalue weighted by Crippen LogP contribution is -2.47. The van der Waals surface area contributed by atoms with Crippen molar-refractivity contribution >= 4 is 17.9 Å². The van der Waals surface area contributed by atoms with Crippen molar-refractivity contribution in [2.75, 3.05) is 27.3 Å². The van der Waals surface area contributed by atoms with Gasteiger partial charge in [-0.1, -0.05) is 43.3 Å². The highest BCUT2D eigenvalue weighted by Gasteiger charge is 2.28. The van der Waals surface area contributed by atoms with E-state index in [2.05, 4.69) is 5.32 Å². The van der Waals surface area contributed by atoms with E-state index in [1.165, 1.54) is 6.08 Å². The molecule has 3 rings (SSSR count). The van der Waals surface area contributed by atoms with E-state index in [1.54, 1.807) is 20.3 Å². The first-order chi connectivity index (χ1) is 15.5. The average molecular weight is 437 g/mol. The zero-order valence-corrected chi connectivity index (χ0v) is 19.0.